The van der Waals surface area contributed by atoms with Crippen molar-refractivity contribution in [3.05, 3.63) is 12.7 Å². The van der Waals surface area contributed by atoms with E-state index in [0.29, 0.717) is 12.5 Å². The Morgan fingerprint density at radius 3 is 3.00 bits per heavy atom. The van der Waals surface area contributed by atoms with Crippen molar-refractivity contribution >= 4 is 0 Å². The van der Waals surface area contributed by atoms with Crippen molar-refractivity contribution in [2.75, 3.05) is 19.6 Å². The SMILES string of the molecule is C=CCN1C(CC#N)CNCC1(C)C. The first-order valence-corrected chi connectivity index (χ1v) is 5.07. The maximum absolute atomic E-state index is 8.74. The van der Waals surface area contributed by atoms with Gasteiger partial charge >= 0.3 is 0 Å². The van der Waals surface area contributed by atoms with Crippen LogP contribution in [0.4, 0.5) is 0 Å². The summed E-state index contributed by atoms with van der Waals surface area (Å²) in [6.07, 6.45) is 2.50. The molecule has 14 heavy (non-hydrogen) atoms. The Morgan fingerprint density at radius 1 is 1.71 bits per heavy atom. The molecular formula is C11H19N3. The Kier molecular flexibility index (Phi) is 3.68. The van der Waals surface area contributed by atoms with Crippen LogP contribution in [-0.4, -0.2) is 36.1 Å². The van der Waals surface area contributed by atoms with Gasteiger partial charge < -0.3 is 5.32 Å². The largest absolute Gasteiger partial charge is 0.313 e. The monoisotopic (exact) mass is 193 g/mol. The van der Waals surface area contributed by atoms with E-state index in [0.717, 1.165) is 19.6 Å². The number of nitrogens with one attached hydrogen (secondary N) is 1. The molecule has 0 aromatic heterocycles. The van der Waals surface area contributed by atoms with Crippen LogP contribution in [0.1, 0.15) is 20.3 Å². The fourth-order valence-electron chi connectivity index (χ4n) is 2.07. The van der Waals surface area contributed by atoms with Crippen molar-refractivity contribution in [3.8, 4) is 6.07 Å². The average Bonchev–Trinajstić information content (AvgIpc) is 2.11. The maximum Gasteiger partial charge on any atom is 0.0638 e. The summed E-state index contributed by atoms with van der Waals surface area (Å²) in [4.78, 5) is 2.36. The average molecular weight is 193 g/mol. The second-order valence-electron chi connectivity index (χ2n) is 4.40. The van der Waals surface area contributed by atoms with E-state index < -0.39 is 0 Å². The summed E-state index contributed by atoms with van der Waals surface area (Å²) in [7, 11) is 0. The summed E-state index contributed by atoms with van der Waals surface area (Å²) in [5.41, 5.74) is 0.119. The van der Waals surface area contributed by atoms with Gasteiger partial charge in [0.2, 0.25) is 0 Å². The minimum Gasteiger partial charge on any atom is -0.313 e. The van der Waals surface area contributed by atoms with Crippen LogP contribution in [0.3, 0.4) is 0 Å². The Labute approximate surface area is 86.4 Å². The number of hydrogen-bond acceptors (Lipinski definition) is 3. The minimum atomic E-state index is 0.119. The molecule has 3 heteroatoms. The van der Waals surface area contributed by atoms with E-state index in [9.17, 15) is 0 Å². The van der Waals surface area contributed by atoms with Gasteiger partial charge in [0.1, 0.15) is 0 Å². The van der Waals surface area contributed by atoms with Crippen molar-refractivity contribution in [2.24, 2.45) is 0 Å². The summed E-state index contributed by atoms with van der Waals surface area (Å²) in [5, 5.41) is 12.1. The van der Waals surface area contributed by atoms with Gasteiger partial charge in [-0.2, -0.15) is 5.26 Å². The van der Waals surface area contributed by atoms with Gasteiger partial charge in [0.05, 0.1) is 12.5 Å². The van der Waals surface area contributed by atoms with E-state index in [2.05, 4.69) is 36.7 Å². The molecule has 0 amide bonds. The summed E-state index contributed by atoms with van der Waals surface area (Å²) in [6.45, 7) is 10.9. The van der Waals surface area contributed by atoms with Crippen LogP contribution in [0, 0.1) is 11.3 Å². The van der Waals surface area contributed by atoms with Crippen molar-refractivity contribution in [1.82, 2.24) is 10.2 Å². The summed E-state index contributed by atoms with van der Waals surface area (Å²) in [5.74, 6) is 0. The molecule has 1 N–H and O–H groups in total. The van der Waals surface area contributed by atoms with Gasteiger partial charge in [-0.05, 0) is 13.8 Å². The van der Waals surface area contributed by atoms with E-state index in [1.165, 1.54) is 0 Å². The first kappa shape index (κ1) is 11.2. The quantitative estimate of drug-likeness (QED) is 0.683. The molecule has 1 aliphatic rings. The lowest BCUT2D eigenvalue weighted by Crippen LogP contribution is -2.62. The first-order valence-electron chi connectivity index (χ1n) is 5.07. The smallest absolute Gasteiger partial charge is 0.0638 e. The summed E-state index contributed by atoms with van der Waals surface area (Å²) >= 11 is 0. The standard InChI is InChI=1S/C11H19N3/c1-4-7-14-10(5-6-12)8-13-9-11(14,2)3/h4,10,13H,1,5,7-9H2,2-3H3. The third-order valence-corrected chi connectivity index (χ3v) is 2.81. The zero-order chi connectivity index (χ0) is 10.6. The molecule has 0 spiro atoms. The van der Waals surface area contributed by atoms with Gasteiger partial charge in [0, 0.05) is 31.2 Å². The minimum absolute atomic E-state index is 0.119. The van der Waals surface area contributed by atoms with Crippen molar-refractivity contribution in [3.63, 3.8) is 0 Å². The van der Waals surface area contributed by atoms with Crippen LogP contribution in [0.5, 0.6) is 0 Å². The Balaban J connectivity index is 2.73. The zero-order valence-electron chi connectivity index (χ0n) is 9.08. The molecule has 1 aliphatic heterocycles. The van der Waals surface area contributed by atoms with Crippen LogP contribution >= 0.6 is 0 Å². The van der Waals surface area contributed by atoms with Crippen LogP contribution in [0.15, 0.2) is 12.7 Å². The van der Waals surface area contributed by atoms with Gasteiger partial charge in [-0.25, -0.2) is 0 Å². The molecule has 0 radical (unpaired) electrons. The molecule has 1 unspecified atom stereocenters. The lowest BCUT2D eigenvalue weighted by Gasteiger charge is -2.47. The molecule has 1 heterocycles. The highest BCUT2D eigenvalue weighted by molar-refractivity contribution is 4.99. The lowest BCUT2D eigenvalue weighted by atomic mass is 9.95. The molecule has 1 rings (SSSR count). The predicted molar refractivity (Wildman–Crippen MR) is 57.9 cm³/mol. The Morgan fingerprint density at radius 2 is 2.43 bits per heavy atom. The van der Waals surface area contributed by atoms with Crippen molar-refractivity contribution < 1.29 is 0 Å². The maximum atomic E-state index is 8.74. The highest BCUT2D eigenvalue weighted by Gasteiger charge is 2.34. The third-order valence-electron chi connectivity index (χ3n) is 2.81. The van der Waals surface area contributed by atoms with Crippen LogP contribution in [0.25, 0.3) is 0 Å². The molecular weight excluding hydrogens is 174 g/mol. The fourth-order valence-corrected chi connectivity index (χ4v) is 2.07. The van der Waals surface area contributed by atoms with Crippen LogP contribution in [-0.2, 0) is 0 Å². The first-order chi connectivity index (χ1) is 6.61. The van der Waals surface area contributed by atoms with E-state index >= 15 is 0 Å². The predicted octanol–water partition coefficient (Wildman–Crippen LogP) is 1.14. The van der Waals surface area contributed by atoms with E-state index in [-0.39, 0.29) is 5.54 Å². The normalized spacial score (nSPS) is 26.8. The van der Waals surface area contributed by atoms with E-state index in [1.807, 2.05) is 6.08 Å². The molecule has 1 atom stereocenters. The van der Waals surface area contributed by atoms with Gasteiger partial charge in [-0.3, -0.25) is 4.90 Å². The molecule has 3 nitrogen and oxygen atoms in total. The zero-order valence-corrected chi connectivity index (χ0v) is 9.08. The molecule has 0 saturated carbocycles. The van der Waals surface area contributed by atoms with Crippen LogP contribution < -0.4 is 5.32 Å². The summed E-state index contributed by atoms with van der Waals surface area (Å²) < 4.78 is 0. The number of nitriles is 1. The van der Waals surface area contributed by atoms with E-state index in [1.54, 1.807) is 0 Å². The molecule has 1 fully saturated rings. The molecule has 0 aliphatic carbocycles. The van der Waals surface area contributed by atoms with Crippen molar-refractivity contribution in [1.29, 1.82) is 5.26 Å². The lowest BCUT2D eigenvalue weighted by molar-refractivity contribution is 0.0514. The number of nitrogens with zero attached hydrogens (tertiary/aromatic N) is 2. The highest BCUT2D eigenvalue weighted by Crippen LogP contribution is 2.21. The van der Waals surface area contributed by atoms with Gasteiger partial charge in [0.15, 0.2) is 0 Å². The van der Waals surface area contributed by atoms with Gasteiger partial charge in [-0.15, -0.1) is 6.58 Å². The number of hydrogen-bond donors (Lipinski definition) is 1. The Bertz CT molecular complexity index is 239. The topological polar surface area (TPSA) is 39.1 Å². The molecule has 0 aromatic carbocycles. The number of piperazine rings is 1. The fraction of sp³-hybridized carbons (Fsp3) is 0.727. The molecule has 1 saturated heterocycles. The molecule has 78 valence electrons. The third kappa shape index (κ3) is 2.34. The van der Waals surface area contributed by atoms with Crippen LogP contribution in [0.2, 0.25) is 0 Å². The highest BCUT2D eigenvalue weighted by atomic mass is 15.3. The molecule has 0 aromatic rings. The summed E-state index contributed by atoms with van der Waals surface area (Å²) in [6, 6.07) is 2.57. The second kappa shape index (κ2) is 4.59. The van der Waals surface area contributed by atoms with Crippen molar-refractivity contribution in [2.45, 2.75) is 31.8 Å². The second-order valence-corrected chi connectivity index (χ2v) is 4.40. The van der Waals surface area contributed by atoms with Gasteiger partial charge in [0.25, 0.3) is 0 Å². The Hall–Kier alpha value is -0.850. The van der Waals surface area contributed by atoms with E-state index in [4.69, 9.17) is 5.26 Å². The number of rotatable bonds is 3. The molecule has 0 bridgehead atoms. The van der Waals surface area contributed by atoms with Gasteiger partial charge in [-0.1, -0.05) is 6.08 Å².